The van der Waals surface area contributed by atoms with Crippen molar-refractivity contribution >= 4 is 28.5 Å². The van der Waals surface area contributed by atoms with Crippen LogP contribution in [0, 0.1) is 0 Å². The first kappa shape index (κ1) is 20.6. The van der Waals surface area contributed by atoms with Crippen molar-refractivity contribution in [2.75, 3.05) is 18.8 Å². The van der Waals surface area contributed by atoms with Crippen LogP contribution >= 0.6 is 0 Å². The lowest BCUT2D eigenvalue weighted by atomic mass is 10.0. The maximum Gasteiger partial charge on any atom is 0.416 e. The summed E-state index contributed by atoms with van der Waals surface area (Å²) in [6.45, 7) is 2.20. The molecule has 0 bridgehead atoms. The van der Waals surface area contributed by atoms with Crippen molar-refractivity contribution in [2.24, 2.45) is 0 Å². The first-order chi connectivity index (χ1) is 14.6. The number of nitrogens with zero attached hydrogens (tertiary/aromatic N) is 3. The van der Waals surface area contributed by atoms with E-state index in [1.165, 1.54) is 25.3 Å². The van der Waals surface area contributed by atoms with Crippen molar-refractivity contribution in [1.82, 2.24) is 20.2 Å². The van der Waals surface area contributed by atoms with E-state index in [1.54, 1.807) is 17.0 Å². The summed E-state index contributed by atoms with van der Waals surface area (Å²) in [6, 6.07) is 7.83. The number of rotatable bonds is 3. The summed E-state index contributed by atoms with van der Waals surface area (Å²) in [5.41, 5.74) is 6.71. The van der Waals surface area contributed by atoms with E-state index >= 15 is 0 Å². The first-order valence-corrected chi connectivity index (χ1v) is 9.42. The van der Waals surface area contributed by atoms with Crippen LogP contribution < -0.4 is 11.1 Å². The maximum absolute atomic E-state index is 12.9. The normalized spacial score (nSPS) is 14.4. The van der Waals surface area contributed by atoms with Crippen molar-refractivity contribution < 1.29 is 22.8 Å². The molecular formula is C21H18F3N5O2. The fourth-order valence-corrected chi connectivity index (χ4v) is 3.49. The van der Waals surface area contributed by atoms with Crippen LogP contribution in [0.2, 0.25) is 0 Å². The van der Waals surface area contributed by atoms with Crippen molar-refractivity contribution in [1.29, 1.82) is 0 Å². The Morgan fingerprint density at radius 1 is 1.13 bits per heavy atom. The number of nitrogens with two attached hydrogens (primary N) is 1. The van der Waals surface area contributed by atoms with Gasteiger partial charge in [-0.05, 0) is 24.3 Å². The van der Waals surface area contributed by atoms with E-state index < -0.39 is 11.7 Å². The summed E-state index contributed by atoms with van der Waals surface area (Å²) < 4.78 is 38.4. The van der Waals surface area contributed by atoms with Gasteiger partial charge in [0.2, 0.25) is 5.91 Å². The average molecular weight is 429 g/mol. The summed E-state index contributed by atoms with van der Waals surface area (Å²) in [7, 11) is 0. The third-order valence-electron chi connectivity index (χ3n) is 5.08. The van der Waals surface area contributed by atoms with E-state index in [4.69, 9.17) is 5.73 Å². The zero-order valence-corrected chi connectivity index (χ0v) is 16.4. The summed E-state index contributed by atoms with van der Waals surface area (Å²) >= 11 is 0. The number of benzene rings is 1. The van der Waals surface area contributed by atoms with Crippen molar-refractivity contribution in [3.05, 3.63) is 53.7 Å². The van der Waals surface area contributed by atoms with E-state index in [0.717, 1.165) is 12.1 Å². The largest absolute Gasteiger partial charge is 0.416 e. The molecule has 4 rings (SSSR count). The SMILES string of the molecule is CC(=O)NC1CN(C(=O)c2cnc(N)c3nc(-c4ccc(C(F)(F)F)cc4)ccc23)C1. The number of carbonyl (C=O) groups is 2. The monoisotopic (exact) mass is 429 g/mol. The Balaban J connectivity index is 1.63. The lowest BCUT2D eigenvalue weighted by molar-refractivity contribution is -0.137. The molecule has 0 unspecified atom stereocenters. The van der Waals surface area contributed by atoms with Gasteiger partial charge < -0.3 is 16.0 Å². The highest BCUT2D eigenvalue weighted by molar-refractivity contribution is 6.08. The molecule has 31 heavy (non-hydrogen) atoms. The minimum Gasteiger partial charge on any atom is -0.382 e. The standard InChI is InChI=1S/C21H18F3N5O2/c1-11(30)27-14-9-29(10-14)20(31)16-8-26-19(25)18-15(16)6-7-17(28-18)12-2-4-13(5-3-12)21(22,23)24/h2-8,14H,9-10H2,1H3,(H2,25,26)(H,27,30). The molecule has 3 heterocycles. The van der Waals surface area contributed by atoms with E-state index in [-0.39, 0.29) is 23.7 Å². The second-order valence-corrected chi connectivity index (χ2v) is 7.33. The first-order valence-electron chi connectivity index (χ1n) is 9.42. The molecule has 3 aromatic rings. The minimum atomic E-state index is -4.42. The molecule has 1 fully saturated rings. The number of likely N-dealkylation sites (tertiary alicyclic amines) is 1. The Morgan fingerprint density at radius 2 is 1.81 bits per heavy atom. The molecule has 1 saturated heterocycles. The molecule has 0 spiro atoms. The predicted molar refractivity (Wildman–Crippen MR) is 108 cm³/mol. The van der Waals surface area contributed by atoms with Gasteiger partial charge in [-0.2, -0.15) is 13.2 Å². The van der Waals surface area contributed by atoms with Crippen LogP contribution in [-0.2, 0) is 11.0 Å². The number of amides is 2. The van der Waals surface area contributed by atoms with Gasteiger partial charge in [0.1, 0.15) is 11.3 Å². The number of alkyl halides is 3. The van der Waals surface area contributed by atoms with Gasteiger partial charge in [0.25, 0.3) is 5.91 Å². The molecular weight excluding hydrogens is 411 g/mol. The Labute approximate surface area is 175 Å². The summed E-state index contributed by atoms with van der Waals surface area (Å²) in [4.78, 5) is 34.1. The highest BCUT2D eigenvalue weighted by atomic mass is 19.4. The predicted octanol–water partition coefficient (Wildman–Crippen LogP) is 2.86. The number of pyridine rings is 2. The van der Waals surface area contributed by atoms with Crippen LogP contribution in [0.5, 0.6) is 0 Å². The maximum atomic E-state index is 12.9. The molecule has 0 saturated carbocycles. The van der Waals surface area contributed by atoms with E-state index in [1.807, 2.05) is 0 Å². The Hall–Kier alpha value is -3.69. The number of hydrogen-bond acceptors (Lipinski definition) is 5. The number of nitrogen functional groups attached to an aromatic ring is 1. The third-order valence-corrected chi connectivity index (χ3v) is 5.08. The molecule has 160 valence electrons. The van der Waals surface area contributed by atoms with Crippen molar-refractivity contribution in [3.63, 3.8) is 0 Å². The van der Waals surface area contributed by atoms with Crippen LogP contribution in [0.4, 0.5) is 19.0 Å². The molecule has 0 atom stereocenters. The summed E-state index contributed by atoms with van der Waals surface area (Å²) in [5, 5.41) is 3.25. The van der Waals surface area contributed by atoms with Gasteiger partial charge in [0.05, 0.1) is 22.9 Å². The number of fused-ring (bicyclic) bond motifs is 1. The van der Waals surface area contributed by atoms with Gasteiger partial charge in [0.15, 0.2) is 0 Å². The second kappa shape index (κ2) is 7.53. The molecule has 1 aromatic carbocycles. The van der Waals surface area contributed by atoms with Crippen LogP contribution in [0.1, 0.15) is 22.8 Å². The quantitative estimate of drug-likeness (QED) is 0.667. The van der Waals surface area contributed by atoms with Gasteiger partial charge in [-0.25, -0.2) is 9.97 Å². The van der Waals surface area contributed by atoms with Crippen molar-refractivity contribution in [2.45, 2.75) is 19.1 Å². The van der Waals surface area contributed by atoms with Crippen LogP contribution in [0.25, 0.3) is 22.2 Å². The lowest BCUT2D eigenvalue weighted by Crippen LogP contribution is -2.60. The highest BCUT2D eigenvalue weighted by Crippen LogP contribution is 2.32. The summed E-state index contributed by atoms with van der Waals surface area (Å²) in [5.74, 6) is -0.306. The van der Waals surface area contributed by atoms with Crippen molar-refractivity contribution in [3.8, 4) is 11.3 Å². The molecule has 1 aliphatic heterocycles. The second-order valence-electron chi connectivity index (χ2n) is 7.33. The van der Waals surface area contributed by atoms with Gasteiger partial charge in [-0.1, -0.05) is 12.1 Å². The minimum absolute atomic E-state index is 0.0844. The molecule has 10 heteroatoms. The summed E-state index contributed by atoms with van der Waals surface area (Å²) in [6.07, 6.45) is -3.04. The molecule has 7 nitrogen and oxygen atoms in total. The van der Waals surface area contributed by atoms with E-state index in [2.05, 4.69) is 15.3 Å². The molecule has 2 aromatic heterocycles. The zero-order chi connectivity index (χ0) is 22.3. The fraction of sp³-hybridized carbons (Fsp3) is 0.238. The number of aromatic nitrogens is 2. The zero-order valence-electron chi connectivity index (χ0n) is 16.4. The van der Waals surface area contributed by atoms with Crippen LogP contribution in [0.3, 0.4) is 0 Å². The Morgan fingerprint density at radius 3 is 2.42 bits per heavy atom. The fourth-order valence-electron chi connectivity index (χ4n) is 3.49. The molecule has 1 aliphatic rings. The smallest absolute Gasteiger partial charge is 0.382 e. The third kappa shape index (κ3) is 4.00. The molecule has 3 N–H and O–H groups in total. The van der Waals surface area contributed by atoms with Gasteiger partial charge >= 0.3 is 6.18 Å². The Bertz CT molecular complexity index is 1170. The number of anilines is 1. The molecule has 2 amide bonds. The lowest BCUT2D eigenvalue weighted by Gasteiger charge is -2.39. The molecule has 0 aliphatic carbocycles. The Kier molecular flexibility index (Phi) is 5.00. The van der Waals surface area contributed by atoms with Gasteiger partial charge in [0, 0.05) is 37.2 Å². The van der Waals surface area contributed by atoms with E-state index in [9.17, 15) is 22.8 Å². The molecule has 0 radical (unpaired) electrons. The van der Waals surface area contributed by atoms with Gasteiger partial charge in [-0.3, -0.25) is 9.59 Å². The number of halogens is 3. The van der Waals surface area contributed by atoms with Crippen LogP contribution in [0.15, 0.2) is 42.6 Å². The number of carbonyl (C=O) groups excluding carboxylic acids is 2. The number of nitrogens with one attached hydrogen (secondary N) is 1. The topological polar surface area (TPSA) is 101 Å². The van der Waals surface area contributed by atoms with Gasteiger partial charge in [-0.15, -0.1) is 0 Å². The van der Waals surface area contributed by atoms with Crippen LogP contribution in [-0.4, -0.2) is 45.8 Å². The highest BCUT2D eigenvalue weighted by Gasteiger charge is 2.33. The van der Waals surface area contributed by atoms with E-state index in [0.29, 0.717) is 40.8 Å². The number of hydrogen-bond donors (Lipinski definition) is 2. The average Bonchev–Trinajstić information content (AvgIpc) is 2.69.